The van der Waals surface area contributed by atoms with Gasteiger partial charge in [0, 0.05) is 51.2 Å². The number of hydrogen-bond acceptors (Lipinski definition) is 4. The SMILES string of the molecule is C[C@H](c1cccnc1)N1CCN(C[C@H](O)C(C)(C)C)CC1. The normalized spacial score (nSPS) is 21.2. The number of rotatable bonds is 4. The summed E-state index contributed by atoms with van der Waals surface area (Å²) in [6.45, 7) is 13.5. The third-order valence-electron chi connectivity index (χ3n) is 4.55. The quantitative estimate of drug-likeness (QED) is 0.923. The molecule has 0 radical (unpaired) electrons. The predicted molar refractivity (Wildman–Crippen MR) is 86.1 cm³/mol. The van der Waals surface area contributed by atoms with Gasteiger partial charge in [-0.2, -0.15) is 0 Å². The van der Waals surface area contributed by atoms with Gasteiger partial charge in [0.1, 0.15) is 0 Å². The average molecular weight is 291 g/mol. The van der Waals surface area contributed by atoms with Crippen molar-refractivity contribution in [2.45, 2.75) is 39.8 Å². The lowest BCUT2D eigenvalue weighted by atomic mass is 9.89. The van der Waals surface area contributed by atoms with Gasteiger partial charge in [0.2, 0.25) is 0 Å². The van der Waals surface area contributed by atoms with Crippen LogP contribution in [-0.2, 0) is 0 Å². The highest BCUT2D eigenvalue weighted by Gasteiger charge is 2.27. The summed E-state index contributed by atoms with van der Waals surface area (Å²) in [5, 5.41) is 10.2. The van der Waals surface area contributed by atoms with Crippen LogP contribution in [0.25, 0.3) is 0 Å². The molecule has 1 fully saturated rings. The topological polar surface area (TPSA) is 39.6 Å². The van der Waals surface area contributed by atoms with E-state index in [2.05, 4.69) is 48.5 Å². The van der Waals surface area contributed by atoms with Gasteiger partial charge in [-0.05, 0) is 24.0 Å². The molecule has 2 rings (SSSR count). The van der Waals surface area contributed by atoms with Crippen LogP contribution in [0.5, 0.6) is 0 Å². The minimum atomic E-state index is -0.264. The molecule has 0 aliphatic carbocycles. The number of nitrogens with zero attached hydrogens (tertiary/aromatic N) is 3. The van der Waals surface area contributed by atoms with E-state index in [1.807, 2.05) is 18.5 Å². The van der Waals surface area contributed by atoms with Crippen LogP contribution in [0.1, 0.15) is 39.3 Å². The molecule has 4 heteroatoms. The Labute approximate surface area is 128 Å². The number of aliphatic hydroxyl groups excluding tert-OH is 1. The summed E-state index contributed by atoms with van der Waals surface area (Å²) in [7, 11) is 0. The van der Waals surface area contributed by atoms with E-state index in [-0.39, 0.29) is 11.5 Å². The van der Waals surface area contributed by atoms with Gasteiger partial charge in [-0.15, -0.1) is 0 Å². The summed E-state index contributed by atoms with van der Waals surface area (Å²) >= 11 is 0. The zero-order valence-electron chi connectivity index (χ0n) is 13.8. The second-order valence-electron chi connectivity index (χ2n) is 7.18. The van der Waals surface area contributed by atoms with Crippen LogP contribution in [0.2, 0.25) is 0 Å². The third-order valence-corrected chi connectivity index (χ3v) is 4.55. The molecule has 1 saturated heterocycles. The Morgan fingerprint density at radius 3 is 2.43 bits per heavy atom. The van der Waals surface area contributed by atoms with Crippen LogP contribution in [0.3, 0.4) is 0 Å². The minimum absolute atomic E-state index is 0.0415. The molecule has 0 unspecified atom stereocenters. The molecule has 0 aromatic carbocycles. The van der Waals surface area contributed by atoms with Crippen molar-refractivity contribution in [1.29, 1.82) is 0 Å². The summed E-state index contributed by atoms with van der Waals surface area (Å²) in [6, 6.07) is 4.56. The molecular weight excluding hydrogens is 262 g/mol. The van der Waals surface area contributed by atoms with Crippen molar-refractivity contribution in [2.24, 2.45) is 5.41 Å². The Morgan fingerprint density at radius 2 is 1.90 bits per heavy atom. The predicted octanol–water partition coefficient (Wildman–Crippen LogP) is 2.17. The zero-order valence-corrected chi connectivity index (χ0v) is 13.8. The largest absolute Gasteiger partial charge is 0.391 e. The molecule has 0 amide bonds. The van der Waals surface area contributed by atoms with E-state index in [1.54, 1.807) is 0 Å². The van der Waals surface area contributed by atoms with Crippen LogP contribution < -0.4 is 0 Å². The van der Waals surface area contributed by atoms with Gasteiger partial charge in [0.25, 0.3) is 0 Å². The Kier molecular flexibility index (Phi) is 5.36. The molecule has 4 nitrogen and oxygen atoms in total. The zero-order chi connectivity index (χ0) is 15.5. The van der Waals surface area contributed by atoms with E-state index in [0.717, 1.165) is 32.7 Å². The van der Waals surface area contributed by atoms with Gasteiger partial charge in [-0.25, -0.2) is 0 Å². The molecule has 1 aliphatic heterocycles. The van der Waals surface area contributed by atoms with E-state index in [9.17, 15) is 5.11 Å². The highest BCUT2D eigenvalue weighted by atomic mass is 16.3. The number of piperazine rings is 1. The molecule has 1 aromatic heterocycles. The van der Waals surface area contributed by atoms with Crippen LogP contribution in [0.4, 0.5) is 0 Å². The van der Waals surface area contributed by atoms with E-state index in [0.29, 0.717) is 6.04 Å². The first-order valence-corrected chi connectivity index (χ1v) is 7.92. The first-order valence-electron chi connectivity index (χ1n) is 7.92. The van der Waals surface area contributed by atoms with Crippen molar-refractivity contribution < 1.29 is 5.11 Å². The van der Waals surface area contributed by atoms with Crippen LogP contribution in [-0.4, -0.2) is 58.7 Å². The van der Waals surface area contributed by atoms with Gasteiger partial charge in [-0.3, -0.25) is 14.8 Å². The molecule has 0 bridgehead atoms. The highest BCUT2D eigenvalue weighted by molar-refractivity contribution is 5.13. The fourth-order valence-corrected chi connectivity index (χ4v) is 2.69. The van der Waals surface area contributed by atoms with E-state index in [4.69, 9.17) is 0 Å². The number of aliphatic hydroxyl groups is 1. The second-order valence-corrected chi connectivity index (χ2v) is 7.18. The van der Waals surface area contributed by atoms with Crippen LogP contribution in [0, 0.1) is 5.41 Å². The Bertz CT molecular complexity index is 421. The fourth-order valence-electron chi connectivity index (χ4n) is 2.69. The van der Waals surface area contributed by atoms with Crippen molar-refractivity contribution in [1.82, 2.24) is 14.8 Å². The Hall–Kier alpha value is -0.970. The molecule has 2 atom stereocenters. The summed E-state index contributed by atoms with van der Waals surface area (Å²) in [5.41, 5.74) is 1.24. The molecule has 2 heterocycles. The number of pyridine rings is 1. The third kappa shape index (κ3) is 4.50. The smallest absolute Gasteiger partial charge is 0.0715 e. The number of hydrogen-bond donors (Lipinski definition) is 1. The molecule has 0 saturated carbocycles. The maximum absolute atomic E-state index is 10.2. The van der Waals surface area contributed by atoms with E-state index in [1.165, 1.54) is 5.56 Å². The van der Waals surface area contributed by atoms with Gasteiger partial charge in [-0.1, -0.05) is 26.8 Å². The van der Waals surface area contributed by atoms with Crippen molar-refractivity contribution in [3.63, 3.8) is 0 Å². The van der Waals surface area contributed by atoms with Gasteiger partial charge < -0.3 is 5.11 Å². The van der Waals surface area contributed by atoms with Crippen molar-refractivity contribution in [3.05, 3.63) is 30.1 Å². The van der Waals surface area contributed by atoms with Gasteiger partial charge >= 0.3 is 0 Å². The summed E-state index contributed by atoms with van der Waals surface area (Å²) in [5.74, 6) is 0. The molecule has 1 aromatic rings. The molecular formula is C17H29N3O. The van der Waals surface area contributed by atoms with Gasteiger partial charge in [0.05, 0.1) is 6.10 Å². The van der Waals surface area contributed by atoms with Crippen LogP contribution >= 0.6 is 0 Å². The Balaban J connectivity index is 1.83. The van der Waals surface area contributed by atoms with Crippen molar-refractivity contribution >= 4 is 0 Å². The average Bonchev–Trinajstić information content (AvgIpc) is 2.47. The molecule has 21 heavy (non-hydrogen) atoms. The van der Waals surface area contributed by atoms with Crippen molar-refractivity contribution in [2.75, 3.05) is 32.7 Å². The van der Waals surface area contributed by atoms with E-state index >= 15 is 0 Å². The molecule has 0 spiro atoms. The fraction of sp³-hybridized carbons (Fsp3) is 0.706. The highest BCUT2D eigenvalue weighted by Crippen LogP contribution is 2.23. The molecule has 1 aliphatic rings. The lowest BCUT2D eigenvalue weighted by Crippen LogP contribution is -2.50. The summed E-state index contributed by atoms with van der Waals surface area (Å²) in [6.07, 6.45) is 3.52. The number of aromatic nitrogens is 1. The first-order chi connectivity index (χ1) is 9.88. The summed E-state index contributed by atoms with van der Waals surface area (Å²) in [4.78, 5) is 9.09. The summed E-state index contributed by atoms with van der Waals surface area (Å²) < 4.78 is 0. The minimum Gasteiger partial charge on any atom is -0.391 e. The number of β-amino-alcohol motifs (C(OH)–C–C–N with tert-alkyl or cyclic N) is 1. The monoisotopic (exact) mass is 291 g/mol. The standard InChI is InChI=1S/C17H29N3O/c1-14(15-6-5-7-18-12-15)20-10-8-19(9-11-20)13-16(21)17(2,3)4/h5-7,12,14,16,21H,8-11,13H2,1-4H3/t14-,16+/m1/s1. The van der Waals surface area contributed by atoms with E-state index < -0.39 is 0 Å². The maximum Gasteiger partial charge on any atom is 0.0715 e. The van der Waals surface area contributed by atoms with Crippen molar-refractivity contribution in [3.8, 4) is 0 Å². The van der Waals surface area contributed by atoms with Gasteiger partial charge in [0.15, 0.2) is 0 Å². The maximum atomic E-state index is 10.2. The lowest BCUT2D eigenvalue weighted by molar-refractivity contribution is 0.00867. The second kappa shape index (κ2) is 6.86. The Morgan fingerprint density at radius 1 is 1.24 bits per heavy atom. The van der Waals surface area contributed by atoms with Crippen LogP contribution in [0.15, 0.2) is 24.5 Å². The first kappa shape index (κ1) is 16.4. The lowest BCUT2D eigenvalue weighted by Gasteiger charge is -2.40. The molecule has 118 valence electrons. The molecule has 1 N–H and O–H groups in total.